The smallest absolute Gasteiger partial charge is 0.222 e. The number of methoxy groups -OCH3 is 1. The van der Waals surface area contributed by atoms with Gasteiger partial charge in [-0.05, 0) is 64.2 Å². The van der Waals surface area contributed by atoms with Gasteiger partial charge in [-0.3, -0.25) is 19.2 Å². The van der Waals surface area contributed by atoms with Crippen molar-refractivity contribution in [3.63, 3.8) is 0 Å². The minimum absolute atomic E-state index is 0. The molecule has 3 heterocycles. The van der Waals surface area contributed by atoms with E-state index in [1.807, 2.05) is 0 Å². The van der Waals surface area contributed by atoms with Gasteiger partial charge in [-0.1, -0.05) is 26.7 Å². The fraction of sp³-hybridized carbons (Fsp3) is 0.907. The van der Waals surface area contributed by atoms with Crippen LogP contribution < -0.4 is 10.6 Å². The molecule has 20 heteroatoms. The summed E-state index contributed by atoms with van der Waals surface area (Å²) < 4.78 is 28.0. The fourth-order valence-electron chi connectivity index (χ4n) is 8.14. The second-order valence-electron chi connectivity index (χ2n) is 17.1. The van der Waals surface area contributed by atoms with Crippen molar-refractivity contribution in [3.05, 3.63) is 0 Å². The molecule has 63 heavy (non-hydrogen) atoms. The summed E-state index contributed by atoms with van der Waals surface area (Å²) >= 11 is 0. The van der Waals surface area contributed by atoms with Gasteiger partial charge in [0.25, 0.3) is 0 Å². The first kappa shape index (κ1) is 57.8. The number of nitrogens with zero attached hydrogens (tertiary/aromatic N) is 1. The molecular weight excluding hydrogens is 903 g/mol. The minimum Gasteiger partial charge on any atom is -0.394 e. The zero-order valence-electron chi connectivity index (χ0n) is 37.6. The van der Waals surface area contributed by atoms with Crippen molar-refractivity contribution in [2.45, 2.75) is 184 Å². The molecule has 0 aromatic rings. The number of hydrogen-bond acceptors (Lipinski definition) is 16. The van der Waals surface area contributed by atoms with E-state index in [2.05, 4.69) is 10.6 Å². The number of likely N-dealkylation sites (tertiary alicyclic amines) is 1. The third-order valence-corrected chi connectivity index (χ3v) is 12.3. The van der Waals surface area contributed by atoms with E-state index in [0.717, 1.165) is 12.8 Å². The van der Waals surface area contributed by atoms with Crippen LogP contribution in [0.2, 0.25) is 0 Å². The Balaban J connectivity index is 0.0000137. The van der Waals surface area contributed by atoms with Crippen LogP contribution in [0.1, 0.15) is 117 Å². The molecule has 0 spiro atoms. The molecule has 13 atom stereocenters. The number of amides is 3. The predicted molar refractivity (Wildman–Crippen MR) is 223 cm³/mol. The molecule has 0 saturated carbocycles. The third kappa shape index (κ3) is 19.5. The molecule has 3 aliphatic rings. The maximum absolute atomic E-state index is 13.4. The summed E-state index contributed by atoms with van der Waals surface area (Å²) in [6.07, 6.45) is -0.0862. The van der Waals surface area contributed by atoms with Crippen LogP contribution in [-0.4, -0.2) is 185 Å². The predicted octanol–water partition coefficient (Wildman–Crippen LogP) is -0.203. The van der Waals surface area contributed by atoms with E-state index in [1.165, 1.54) is 0 Å². The topological polar surface area (TPSA) is 283 Å². The first-order valence-corrected chi connectivity index (χ1v) is 22.8. The first-order chi connectivity index (χ1) is 29.8. The first-order valence-electron chi connectivity index (χ1n) is 22.8. The largest absolute Gasteiger partial charge is 0.394 e. The summed E-state index contributed by atoms with van der Waals surface area (Å²) in [6, 6.07) is -0.920. The molecule has 0 aromatic heterocycles. The van der Waals surface area contributed by atoms with Gasteiger partial charge in [0.2, 0.25) is 17.7 Å². The van der Waals surface area contributed by atoms with Gasteiger partial charge in [0.1, 0.15) is 24.4 Å². The Morgan fingerprint density at radius 3 is 1.71 bits per heavy atom. The zero-order valence-corrected chi connectivity index (χ0v) is 40.4. The number of aliphatic hydroxyl groups is 7. The summed E-state index contributed by atoms with van der Waals surface area (Å²) in [5.74, 6) is -1.50. The van der Waals surface area contributed by atoms with Gasteiger partial charge in [-0.15, -0.1) is 0 Å². The molecular formula is C43H77N3O16Y. The Morgan fingerprint density at radius 1 is 0.667 bits per heavy atom. The Bertz CT molecular complexity index is 1320. The summed E-state index contributed by atoms with van der Waals surface area (Å²) in [6.45, 7) is 3.73. The summed E-state index contributed by atoms with van der Waals surface area (Å²) in [5.41, 5.74) is 0. The number of rotatable bonds is 30. The number of carbonyl (C=O) groups is 4. The monoisotopic (exact) mass is 980 g/mol. The van der Waals surface area contributed by atoms with Crippen LogP contribution in [0.4, 0.5) is 0 Å². The van der Waals surface area contributed by atoms with Crippen LogP contribution >= 0.6 is 0 Å². The molecule has 3 saturated heterocycles. The zero-order chi connectivity index (χ0) is 45.6. The minimum atomic E-state index is -1.22. The van der Waals surface area contributed by atoms with E-state index in [-0.39, 0.29) is 107 Å². The van der Waals surface area contributed by atoms with E-state index in [9.17, 15) is 54.9 Å². The van der Waals surface area contributed by atoms with Crippen molar-refractivity contribution in [1.82, 2.24) is 15.5 Å². The van der Waals surface area contributed by atoms with E-state index in [1.54, 1.807) is 25.9 Å². The standard InChI is InChI=1S/C43H77N3O16.Y/c1-27-38(54)40(56)33(25-48)61-42(27)59-20-12-9-16-35(51)44-19-11-8-14-31(32(50)15-6-4-5-7-18-37(53)46-23-30(58-3)22-29(46)24-47)45-36(52)17-10-13-21-60-43-28(2)39(55)41(57)34(26-49)62-43;/h27-31,33-34,38-43,47-49,54-57H,4-26H2,1-3H3,(H,44,51)(H,45,52);/t27?,28?,29-,30+,31?,33?,34?,38?,39?,40?,41?,42?,43?;/m0./s1. The molecule has 11 unspecified atom stereocenters. The van der Waals surface area contributed by atoms with Gasteiger partial charge in [0.05, 0.1) is 50.2 Å². The van der Waals surface area contributed by atoms with Crippen LogP contribution in [-0.2, 0) is 75.6 Å². The number of ether oxygens (including phenoxy) is 5. The average molecular weight is 981 g/mol. The number of ketones is 1. The molecule has 363 valence electrons. The third-order valence-electron chi connectivity index (χ3n) is 12.3. The Labute approximate surface area is 397 Å². The molecule has 0 aromatic carbocycles. The van der Waals surface area contributed by atoms with Crippen molar-refractivity contribution >= 4 is 23.5 Å². The molecule has 19 nitrogen and oxygen atoms in total. The molecule has 1 radical (unpaired) electrons. The van der Waals surface area contributed by atoms with Gasteiger partial charge in [0, 0.05) is 104 Å². The number of aliphatic hydroxyl groups excluding tert-OH is 7. The summed E-state index contributed by atoms with van der Waals surface area (Å²) in [7, 11) is 1.60. The summed E-state index contributed by atoms with van der Waals surface area (Å²) in [4.78, 5) is 53.4. The number of hydrogen-bond donors (Lipinski definition) is 9. The molecule has 3 rings (SSSR count). The van der Waals surface area contributed by atoms with Gasteiger partial charge in [-0.2, -0.15) is 0 Å². The number of unbranched alkanes of at least 4 members (excludes halogenated alkanes) is 6. The summed E-state index contributed by atoms with van der Waals surface area (Å²) in [5, 5.41) is 74.8. The van der Waals surface area contributed by atoms with Crippen LogP contribution in [0, 0.1) is 11.8 Å². The molecule has 3 aliphatic heterocycles. The van der Waals surface area contributed by atoms with Gasteiger partial charge in [-0.25, -0.2) is 0 Å². The molecule has 3 amide bonds. The molecule has 0 aliphatic carbocycles. The SMILES string of the molecule is CO[C@@H]1C[C@@H](CO)N(C(=O)CCCCCCC(=O)C(CCCCNC(=O)CCCCOC2OC(CO)C(O)C(O)C2C)NC(=O)CCCCOC2OC(CO)C(O)C(O)C2C)C1.[Y]. The van der Waals surface area contributed by atoms with E-state index >= 15 is 0 Å². The number of carbonyl (C=O) groups excluding carboxylic acids is 4. The van der Waals surface area contributed by atoms with E-state index in [0.29, 0.717) is 83.7 Å². The van der Waals surface area contributed by atoms with Crippen molar-refractivity contribution in [3.8, 4) is 0 Å². The molecule has 3 fully saturated rings. The number of nitrogens with one attached hydrogen (secondary N) is 2. The normalized spacial score (nSPS) is 30.1. The maximum atomic E-state index is 13.4. The van der Waals surface area contributed by atoms with E-state index in [4.69, 9.17) is 23.7 Å². The van der Waals surface area contributed by atoms with Crippen LogP contribution in [0.25, 0.3) is 0 Å². The van der Waals surface area contributed by atoms with Crippen molar-refractivity contribution in [1.29, 1.82) is 0 Å². The van der Waals surface area contributed by atoms with E-state index < -0.39 is 80.3 Å². The van der Waals surface area contributed by atoms with Crippen LogP contribution in [0.15, 0.2) is 0 Å². The van der Waals surface area contributed by atoms with Gasteiger partial charge in [0.15, 0.2) is 18.4 Å². The van der Waals surface area contributed by atoms with Crippen molar-refractivity contribution < 1.29 is 111 Å². The van der Waals surface area contributed by atoms with Gasteiger partial charge < -0.3 is 75.0 Å². The van der Waals surface area contributed by atoms with Crippen LogP contribution in [0.3, 0.4) is 0 Å². The molecule has 0 bridgehead atoms. The number of Topliss-reactive ketones (excluding diaryl/α,β-unsaturated/α-hetero) is 1. The maximum Gasteiger partial charge on any atom is 0.222 e. The van der Waals surface area contributed by atoms with Crippen molar-refractivity contribution in [2.24, 2.45) is 11.8 Å². The Morgan fingerprint density at radius 2 is 1.19 bits per heavy atom. The quantitative estimate of drug-likeness (QED) is 0.0422. The van der Waals surface area contributed by atoms with Gasteiger partial charge >= 0.3 is 0 Å². The second kappa shape index (κ2) is 31.6. The second-order valence-corrected chi connectivity index (χ2v) is 17.1. The average Bonchev–Trinajstić information content (AvgIpc) is 3.70. The van der Waals surface area contributed by atoms with Crippen LogP contribution in [0.5, 0.6) is 0 Å². The Hall–Kier alpha value is -1.30. The fourth-order valence-corrected chi connectivity index (χ4v) is 8.14. The Kier molecular flexibility index (Phi) is 29.0. The molecule has 9 N–H and O–H groups in total. The van der Waals surface area contributed by atoms with Crippen molar-refractivity contribution in [2.75, 3.05) is 53.2 Å².